The minimum Gasteiger partial charge on any atom is -0.482 e. The number of hydrogen-bond donors (Lipinski definition) is 5. The van der Waals surface area contributed by atoms with E-state index in [1.807, 2.05) is 0 Å². The summed E-state index contributed by atoms with van der Waals surface area (Å²) in [6.45, 7) is -0.552. The third-order valence-corrected chi connectivity index (χ3v) is 4.17. The Kier molecular flexibility index (Phi) is 4.89. The normalized spacial score (nSPS) is 29.5. The van der Waals surface area contributed by atoms with Crippen LogP contribution >= 0.6 is 0 Å². The lowest BCUT2D eigenvalue weighted by molar-refractivity contribution is -0.280. The third kappa shape index (κ3) is 3.44. The molecule has 2 aromatic rings. The zero-order valence-corrected chi connectivity index (χ0v) is 13.0. The topological polar surface area (TPSA) is 137 Å². The fraction of sp³-hybridized carbons (Fsp3) is 0.353. The molecule has 1 saturated heterocycles. The molecule has 5 atom stereocenters. The number of ether oxygens (including phenoxy) is 2. The summed E-state index contributed by atoms with van der Waals surface area (Å²) in [4.78, 5) is 11.0. The van der Waals surface area contributed by atoms with Gasteiger partial charge < -0.3 is 35.0 Å². The highest BCUT2D eigenvalue weighted by atomic mass is 16.7. The van der Waals surface area contributed by atoms with Crippen molar-refractivity contribution in [3.63, 3.8) is 0 Å². The van der Waals surface area contributed by atoms with E-state index in [1.165, 1.54) is 12.1 Å². The predicted molar refractivity (Wildman–Crippen MR) is 85.3 cm³/mol. The average Bonchev–Trinajstić information content (AvgIpc) is 2.61. The van der Waals surface area contributed by atoms with E-state index in [0.717, 1.165) is 0 Å². The molecule has 1 aliphatic rings. The van der Waals surface area contributed by atoms with E-state index in [-0.39, 0.29) is 5.56 Å². The first-order valence-electron chi connectivity index (χ1n) is 7.65. The van der Waals surface area contributed by atoms with Crippen molar-refractivity contribution in [3.8, 4) is 5.75 Å². The molecule has 2 aromatic carbocycles. The molecule has 0 spiro atoms. The molecule has 25 heavy (non-hydrogen) atoms. The highest BCUT2D eigenvalue weighted by Gasteiger charge is 2.45. The van der Waals surface area contributed by atoms with Crippen LogP contribution in [0.3, 0.4) is 0 Å². The van der Waals surface area contributed by atoms with Crippen molar-refractivity contribution in [3.05, 3.63) is 42.0 Å². The summed E-state index contributed by atoms with van der Waals surface area (Å²) < 4.78 is 10.6. The first-order chi connectivity index (χ1) is 11.9. The number of benzene rings is 2. The molecular formula is C17H18O8. The van der Waals surface area contributed by atoms with Gasteiger partial charge in [-0.1, -0.05) is 12.1 Å². The minimum atomic E-state index is -1.53. The number of carbonyl (C=O) groups is 1. The van der Waals surface area contributed by atoms with Gasteiger partial charge >= 0.3 is 5.97 Å². The molecule has 0 aromatic heterocycles. The van der Waals surface area contributed by atoms with E-state index < -0.39 is 43.3 Å². The summed E-state index contributed by atoms with van der Waals surface area (Å²) in [7, 11) is 0. The molecule has 1 aliphatic heterocycles. The van der Waals surface area contributed by atoms with Gasteiger partial charge in [0.25, 0.3) is 0 Å². The number of aliphatic hydroxyl groups excluding tert-OH is 4. The summed E-state index contributed by atoms with van der Waals surface area (Å²) in [6, 6.07) is 9.41. The molecular weight excluding hydrogens is 332 g/mol. The van der Waals surface area contributed by atoms with Crippen LogP contribution in [0.1, 0.15) is 10.4 Å². The Morgan fingerprint density at radius 3 is 2.40 bits per heavy atom. The number of aromatic carboxylic acids is 1. The Morgan fingerprint density at radius 1 is 1.04 bits per heavy atom. The Bertz CT molecular complexity index is 776. The standard InChI is InChI=1S/C17H18O8/c18-7-12-13(19)14(20)15(17(23)25-12)24-11-4-3-8-5-10(16(21)22)2-1-9(8)6-11/h1-6,12-15,17-20,23H,7H2,(H,21,22)/t12-,13+,14+,15-,17-/m1/s1. The lowest BCUT2D eigenvalue weighted by Crippen LogP contribution is -2.60. The number of fused-ring (bicyclic) bond motifs is 1. The van der Waals surface area contributed by atoms with Crippen molar-refractivity contribution in [2.45, 2.75) is 30.7 Å². The molecule has 5 N–H and O–H groups in total. The van der Waals surface area contributed by atoms with Crippen molar-refractivity contribution in [1.82, 2.24) is 0 Å². The van der Waals surface area contributed by atoms with Gasteiger partial charge in [-0.15, -0.1) is 0 Å². The third-order valence-electron chi connectivity index (χ3n) is 4.17. The van der Waals surface area contributed by atoms with Gasteiger partial charge in [0, 0.05) is 0 Å². The van der Waals surface area contributed by atoms with Crippen LogP contribution in [0.15, 0.2) is 36.4 Å². The maximum absolute atomic E-state index is 11.0. The van der Waals surface area contributed by atoms with Gasteiger partial charge in [0.05, 0.1) is 12.2 Å². The van der Waals surface area contributed by atoms with Gasteiger partial charge in [-0.25, -0.2) is 4.79 Å². The fourth-order valence-corrected chi connectivity index (χ4v) is 2.79. The Balaban J connectivity index is 1.82. The lowest BCUT2D eigenvalue weighted by atomic mass is 9.99. The summed E-state index contributed by atoms with van der Waals surface area (Å²) in [5.74, 6) is -0.725. The van der Waals surface area contributed by atoms with Crippen LogP contribution in [-0.2, 0) is 4.74 Å². The second-order valence-corrected chi connectivity index (χ2v) is 5.84. The van der Waals surface area contributed by atoms with Gasteiger partial charge in [-0.2, -0.15) is 0 Å². The summed E-state index contributed by atoms with van der Waals surface area (Å²) >= 11 is 0. The summed E-state index contributed by atoms with van der Waals surface area (Å²) in [5, 5.41) is 49.4. The lowest BCUT2D eigenvalue weighted by Gasteiger charge is -2.39. The first-order valence-corrected chi connectivity index (χ1v) is 7.65. The number of rotatable bonds is 4. The van der Waals surface area contributed by atoms with E-state index in [2.05, 4.69) is 0 Å². The van der Waals surface area contributed by atoms with Crippen LogP contribution in [0.5, 0.6) is 5.75 Å². The molecule has 0 aliphatic carbocycles. The van der Waals surface area contributed by atoms with Crippen LogP contribution < -0.4 is 4.74 Å². The van der Waals surface area contributed by atoms with Crippen LogP contribution in [0, 0.1) is 0 Å². The number of hydrogen-bond acceptors (Lipinski definition) is 7. The maximum atomic E-state index is 11.0. The second kappa shape index (κ2) is 6.95. The molecule has 1 heterocycles. The van der Waals surface area contributed by atoms with Crippen LogP contribution in [0.2, 0.25) is 0 Å². The number of aliphatic hydroxyl groups is 4. The first kappa shape index (κ1) is 17.6. The highest BCUT2D eigenvalue weighted by molar-refractivity contribution is 5.94. The molecule has 0 amide bonds. The summed E-state index contributed by atoms with van der Waals surface area (Å²) in [5.41, 5.74) is 0.158. The Hall–Kier alpha value is -2.23. The zero-order valence-electron chi connectivity index (χ0n) is 13.0. The monoisotopic (exact) mass is 350 g/mol. The van der Waals surface area contributed by atoms with Gasteiger partial charge in [-0.05, 0) is 35.0 Å². The number of carboxylic acids is 1. The van der Waals surface area contributed by atoms with Crippen molar-refractivity contribution >= 4 is 16.7 Å². The van der Waals surface area contributed by atoms with Gasteiger partial charge in [0.1, 0.15) is 24.1 Å². The van der Waals surface area contributed by atoms with Crippen molar-refractivity contribution in [1.29, 1.82) is 0 Å². The molecule has 8 nitrogen and oxygen atoms in total. The molecule has 0 unspecified atom stereocenters. The molecule has 134 valence electrons. The Labute approximate surface area is 142 Å². The van der Waals surface area contributed by atoms with E-state index in [0.29, 0.717) is 16.5 Å². The molecule has 8 heteroatoms. The quantitative estimate of drug-likeness (QED) is 0.508. The molecule has 3 rings (SSSR count). The van der Waals surface area contributed by atoms with Gasteiger partial charge in [0.2, 0.25) is 0 Å². The molecule has 1 fully saturated rings. The average molecular weight is 350 g/mol. The van der Waals surface area contributed by atoms with E-state index in [9.17, 15) is 20.1 Å². The SMILES string of the molecule is O=C(O)c1ccc2cc(O[C@@H]3[C@@H](O)[C@@H](O)[C@@H](CO)O[C@H]3O)ccc2c1. The minimum absolute atomic E-state index is 0.158. The molecule has 0 bridgehead atoms. The molecule has 0 saturated carbocycles. The highest BCUT2D eigenvalue weighted by Crippen LogP contribution is 2.27. The predicted octanol–water partition coefficient (Wildman–Crippen LogP) is -0.283. The largest absolute Gasteiger partial charge is 0.482 e. The fourth-order valence-electron chi connectivity index (χ4n) is 2.79. The van der Waals surface area contributed by atoms with Crippen molar-refractivity contribution < 1.29 is 39.8 Å². The van der Waals surface area contributed by atoms with E-state index >= 15 is 0 Å². The van der Waals surface area contributed by atoms with Crippen molar-refractivity contribution in [2.24, 2.45) is 0 Å². The zero-order chi connectivity index (χ0) is 18.1. The molecule has 0 radical (unpaired) electrons. The summed E-state index contributed by atoms with van der Waals surface area (Å²) in [6.07, 6.45) is -6.73. The maximum Gasteiger partial charge on any atom is 0.335 e. The van der Waals surface area contributed by atoms with Crippen molar-refractivity contribution in [2.75, 3.05) is 6.61 Å². The van der Waals surface area contributed by atoms with Gasteiger partial charge in [-0.3, -0.25) is 0 Å². The smallest absolute Gasteiger partial charge is 0.335 e. The van der Waals surface area contributed by atoms with E-state index in [1.54, 1.807) is 24.3 Å². The van der Waals surface area contributed by atoms with Crippen LogP contribution in [0.4, 0.5) is 0 Å². The van der Waals surface area contributed by atoms with Crippen LogP contribution in [0.25, 0.3) is 10.8 Å². The van der Waals surface area contributed by atoms with Gasteiger partial charge in [0.15, 0.2) is 12.4 Å². The Morgan fingerprint density at radius 2 is 1.72 bits per heavy atom. The van der Waals surface area contributed by atoms with Crippen LogP contribution in [-0.4, -0.2) is 68.8 Å². The number of carboxylic acid groups (broad SMARTS) is 1. The second-order valence-electron chi connectivity index (χ2n) is 5.84. The van der Waals surface area contributed by atoms with E-state index in [4.69, 9.17) is 19.7 Å².